The van der Waals surface area contributed by atoms with Crippen molar-refractivity contribution in [1.29, 1.82) is 0 Å². The third-order valence-corrected chi connectivity index (χ3v) is 8.37. The van der Waals surface area contributed by atoms with Gasteiger partial charge in [0.1, 0.15) is 5.15 Å². The number of fused-ring (bicyclic) bond motifs is 1. The van der Waals surface area contributed by atoms with E-state index < -0.39 is 11.6 Å². The van der Waals surface area contributed by atoms with Gasteiger partial charge in [0.05, 0.1) is 0 Å². The van der Waals surface area contributed by atoms with Crippen molar-refractivity contribution in [3.8, 4) is 11.1 Å². The molecular formula is C26H23ClF2N6. The second-order valence-corrected chi connectivity index (χ2v) is 10.5. The Morgan fingerprint density at radius 2 is 2.00 bits per heavy atom. The summed E-state index contributed by atoms with van der Waals surface area (Å²) >= 11 is 6.16. The lowest BCUT2D eigenvalue weighted by Gasteiger charge is -2.69. The topological polar surface area (TPSA) is 58.4 Å². The zero-order valence-corrected chi connectivity index (χ0v) is 19.8. The molecule has 4 atom stereocenters. The molecule has 1 saturated heterocycles. The van der Waals surface area contributed by atoms with Crippen molar-refractivity contribution >= 4 is 28.9 Å². The molecule has 7 rings (SSSR count). The van der Waals surface area contributed by atoms with Gasteiger partial charge >= 0.3 is 0 Å². The Kier molecular flexibility index (Phi) is 4.43. The minimum Gasteiger partial charge on any atom is -0.364 e. The Balaban J connectivity index is 1.17. The molecule has 2 aliphatic carbocycles. The molecule has 4 aromatic rings. The lowest BCUT2D eigenvalue weighted by atomic mass is 9.53. The summed E-state index contributed by atoms with van der Waals surface area (Å²) in [6, 6.07) is 11.1. The van der Waals surface area contributed by atoms with Gasteiger partial charge in [0.25, 0.3) is 0 Å². The molecule has 0 amide bonds. The standard InChI is InChI=1S/C26H23ClF2N6/c1-14-8-18(15-2-3-19(28)20(29)9-15)24-32-25(33-34(24)13-14)31-16-10-22-26(12-16)6-4-21(26)35(22)17-5-7-30-23(27)11-17/h2-3,5,7-9,11,13,16,21-22H,4,6,10,12H2,1H3,(H,31,33). The van der Waals surface area contributed by atoms with Crippen LogP contribution in [-0.2, 0) is 0 Å². The monoisotopic (exact) mass is 492 g/mol. The Morgan fingerprint density at radius 3 is 2.77 bits per heavy atom. The molecule has 4 unspecified atom stereocenters. The van der Waals surface area contributed by atoms with Gasteiger partial charge in [0, 0.05) is 47.2 Å². The van der Waals surface area contributed by atoms with Gasteiger partial charge in [0.15, 0.2) is 17.3 Å². The Labute approximate surface area is 206 Å². The molecule has 4 heterocycles. The van der Waals surface area contributed by atoms with Crippen molar-refractivity contribution in [3.05, 3.63) is 71.1 Å². The summed E-state index contributed by atoms with van der Waals surface area (Å²) in [7, 11) is 0. The number of halogens is 3. The molecule has 0 radical (unpaired) electrons. The van der Waals surface area contributed by atoms with Crippen LogP contribution in [0.25, 0.3) is 16.8 Å². The summed E-state index contributed by atoms with van der Waals surface area (Å²) in [5.41, 5.74) is 4.34. The summed E-state index contributed by atoms with van der Waals surface area (Å²) in [5.74, 6) is -1.19. The van der Waals surface area contributed by atoms with Crippen LogP contribution < -0.4 is 10.2 Å². The first kappa shape index (κ1) is 21.1. The highest BCUT2D eigenvalue weighted by Crippen LogP contribution is 2.66. The molecule has 1 aromatic carbocycles. The first-order valence-corrected chi connectivity index (χ1v) is 12.3. The third kappa shape index (κ3) is 3.08. The van der Waals surface area contributed by atoms with E-state index in [9.17, 15) is 8.78 Å². The predicted octanol–water partition coefficient (Wildman–Crippen LogP) is 5.64. The van der Waals surface area contributed by atoms with Crippen molar-refractivity contribution in [2.45, 2.75) is 50.7 Å². The van der Waals surface area contributed by atoms with Gasteiger partial charge in [-0.15, -0.1) is 5.10 Å². The molecule has 178 valence electrons. The van der Waals surface area contributed by atoms with E-state index in [1.807, 2.05) is 31.3 Å². The lowest BCUT2D eigenvalue weighted by Crippen LogP contribution is -2.75. The van der Waals surface area contributed by atoms with Gasteiger partial charge in [-0.3, -0.25) is 0 Å². The summed E-state index contributed by atoms with van der Waals surface area (Å²) < 4.78 is 29.1. The third-order valence-electron chi connectivity index (χ3n) is 8.16. The maximum atomic E-state index is 13.9. The van der Waals surface area contributed by atoms with Crippen LogP contribution >= 0.6 is 11.6 Å². The molecule has 3 aliphatic rings. The van der Waals surface area contributed by atoms with E-state index in [1.54, 1.807) is 16.8 Å². The molecule has 1 spiro atoms. The van der Waals surface area contributed by atoms with Gasteiger partial charge in [-0.25, -0.2) is 18.3 Å². The fourth-order valence-electron chi connectivity index (χ4n) is 6.66. The number of nitrogens with zero attached hydrogens (tertiary/aromatic N) is 5. The zero-order chi connectivity index (χ0) is 23.9. The first-order chi connectivity index (χ1) is 16.9. The van der Waals surface area contributed by atoms with Crippen molar-refractivity contribution in [2.24, 2.45) is 5.41 Å². The number of hydrogen-bond donors (Lipinski definition) is 1. The van der Waals surface area contributed by atoms with Crippen LogP contribution in [0.1, 0.15) is 31.2 Å². The molecule has 0 bridgehead atoms. The Bertz CT molecular complexity index is 1490. The van der Waals surface area contributed by atoms with Gasteiger partial charge in [-0.05, 0) is 74.1 Å². The van der Waals surface area contributed by atoms with Gasteiger partial charge < -0.3 is 10.2 Å². The van der Waals surface area contributed by atoms with Crippen LogP contribution in [0, 0.1) is 24.0 Å². The number of aromatic nitrogens is 4. The molecule has 35 heavy (non-hydrogen) atoms. The quantitative estimate of drug-likeness (QED) is 0.373. The minimum absolute atomic E-state index is 0.260. The van der Waals surface area contributed by atoms with Crippen molar-refractivity contribution < 1.29 is 8.78 Å². The van der Waals surface area contributed by atoms with E-state index in [-0.39, 0.29) is 6.04 Å². The normalized spacial score (nSPS) is 26.7. The average molecular weight is 493 g/mol. The largest absolute Gasteiger partial charge is 0.364 e. The van der Waals surface area contributed by atoms with E-state index in [0.29, 0.717) is 45.4 Å². The SMILES string of the molecule is Cc1cc(-c2ccc(F)c(F)c2)c2nc(NC3CC4N(c5ccnc(Cl)c5)C5CCC54C3)nn2c1. The fraction of sp³-hybridized carbons (Fsp3) is 0.346. The highest BCUT2D eigenvalue weighted by molar-refractivity contribution is 6.29. The summed E-state index contributed by atoms with van der Waals surface area (Å²) in [6.07, 6.45) is 8.20. The highest BCUT2D eigenvalue weighted by atomic mass is 35.5. The van der Waals surface area contributed by atoms with Gasteiger partial charge in [0.2, 0.25) is 5.95 Å². The summed E-state index contributed by atoms with van der Waals surface area (Å²) in [5, 5.41) is 8.76. The number of piperidine rings is 1. The first-order valence-electron chi connectivity index (χ1n) is 11.9. The van der Waals surface area contributed by atoms with Crippen LogP contribution in [0.15, 0.2) is 48.8 Å². The van der Waals surface area contributed by atoms with E-state index in [4.69, 9.17) is 16.6 Å². The number of nitrogens with one attached hydrogen (secondary N) is 1. The van der Waals surface area contributed by atoms with Gasteiger partial charge in [-0.2, -0.15) is 4.98 Å². The van der Waals surface area contributed by atoms with Crippen LogP contribution in [0.2, 0.25) is 5.15 Å². The summed E-state index contributed by atoms with van der Waals surface area (Å²) in [4.78, 5) is 11.4. The van der Waals surface area contributed by atoms with E-state index in [2.05, 4.69) is 20.3 Å². The molecule has 3 aromatic heterocycles. The molecule has 1 aliphatic heterocycles. The van der Waals surface area contributed by atoms with Crippen molar-refractivity contribution in [2.75, 3.05) is 10.2 Å². The average Bonchev–Trinajstić information content (AvgIpc) is 3.38. The Hall–Kier alpha value is -3.26. The molecule has 2 saturated carbocycles. The van der Waals surface area contributed by atoms with Crippen LogP contribution in [-0.4, -0.2) is 37.7 Å². The number of aryl methyl sites for hydroxylation is 1. The smallest absolute Gasteiger partial charge is 0.243 e. The summed E-state index contributed by atoms with van der Waals surface area (Å²) in [6.45, 7) is 1.95. The van der Waals surface area contributed by atoms with Gasteiger partial charge in [-0.1, -0.05) is 17.7 Å². The predicted molar refractivity (Wildman–Crippen MR) is 131 cm³/mol. The van der Waals surface area contributed by atoms with Crippen molar-refractivity contribution in [1.82, 2.24) is 19.6 Å². The minimum atomic E-state index is -0.879. The highest BCUT2D eigenvalue weighted by Gasteiger charge is 2.69. The molecule has 3 fully saturated rings. The lowest BCUT2D eigenvalue weighted by molar-refractivity contribution is -0.0158. The molecule has 1 N–H and O–H groups in total. The Morgan fingerprint density at radius 1 is 1.11 bits per heavy atom. The zero-order valence-electron chi connectivity index (χ0n) is 19.0. The number of anilines is 2. The number of rotatable bonds is 4. The molecule has 9 heteroatoms. The van der Waals surface area contributed by atoms with Crippen LogP contribution in [0.3, 0.4) is 0 Å². The fourth-order valence-corrected chi connectivity index (χ4v) is 6.83. The second-order valence-electron chi connectivity index (χ2n) is 10.1. The number of pyridine rings is 2. The maximum Gasteiger partial charge on any atom is 0.243 e. The molecule has 6 nitrogen and oxygen atoms in total. The van der Waals surface area contributed by atoms with Crippen LogP contribution in [0.5, 0.6) is 0 Å². The van der Waals surface area contributed by atoms with E-state index >= 15 is 0 Å². The van der Waals surface area contributed by atoms with Crippen LogP contribution in [0.4, 0.5) is 20.4 Å². The van der Waals surface area contributed by atoms with E-state index in [0.717, 1.165) is 30.2 Å². The number of hydrogen-bond acceptors (Lipinski definition) is 5. The molecular weight excluding hydrogens is 470 g/mol. The second kappa shape index (κ2) is 7.37. The number of benzene rings is 1. The van der Waals surface area contributed by atoms with Crippen molar-refractivity contribution in [3.63, 3.8) is 0 Å². The van der Waals surface area contributed by atoms with E-state index in [1.165, 1.54) is 18.9 Å². The maximum absolute atomic E-state index is 13.9.